The van der Waals surface area contributed by atoms with E-state index in [1.807, 2.05) is 30.3 Å². The van der Waals surface area contributed by atoms with Crippen molar-refractivity contribution < 1.29 is 19.4 Å². The zero-order chi connectivity index (χ0) is 14.8. The number of Topliss-reactive ketones (excluding diaryl/α,β-unsaturated/α-hetero) is 1. The number of hydrogen-bond acceptors (Lipinski definition) is 4. The van der Waals surface area contributed by atoms with Crippen LogP contribution in [0.15, 0.2) is 30.3 Å². The molecule has 0 heterocycles. The van der Waals surface area contributed by atoms with E-state index in [9.17, 15) is 14.7 Å². The van der Waals surface area contributed by atoms with E-state index < -0.39 is 17.5 Å². The molecule has 0 aliphatic heterocycles. The first-order valence-electron chi connectivity index (χ1n) is 6.91. The predicted octanol–water partition coefficient (Wildman–Crippen LogP) is 2.06. The summed E-state index contributed by atoms with van der Waals surface area (Å²) in [6, 6.07) is 9.37. The van der Waals surface area contributed by atoms with Gasteiger partial charge in [0.05, 0.1) is 12.2 Å². The lowest BCUT2D eigenvalue weighted by Gasteiger charge is -2.37. The molecule has 3 unspecified atom stereocenters. The van der Waals surface area contributed by atoms with Gasteiger partial charge in [0.1, 0.15) is 5.92 Å². The third-order valence-electron chi connectivity index (χ3n) is 3.73. The number of carbonyl (C=O) groups is 2. The maximum absolute atomic E-state index is 12.2. The van der Waals surface area contributed by atoms with Gasteiger partial charge in [0.2, 0.25) is 0 Å². The Hall–Kier alpha value is -1.68. The van der Waals surface area contributed by atoms with Crippen molar-refractivity contribution in [3.8, 4) is 0 Å². The van der Waals surface area contributed by atoms with Gasteiger partial charge in [-0.05, 0) is 25.8 Å². The first-order chi connectivity index (χ1) is 9.44. The zero-order valence-electron chi connectivity index (χ0n) is 11.8. The first-order valence-corrected chi connectivity index (χ1v) is 6.91. The van der Waals surface area contributed by atoms with Crippen molar-refractivity contribution in [2.75, 3.05) is 6.61 Å². The van der Waals surface area contributed by atoms with Crippen molar-refractivity contribution in [1.29, 1.82) is 0 Å². The number of rotatable bonds is 3. The van der Waals surface area contributed by atoms with E-state index in [0.29, 0.717) is 6.42 Å². The molecule has 108 valence electrons. The number of hydrogen-bond donors (Lipinski definition) is 1. The Labute approximate surface area is 118 Å². The van der Waals surface area contributed by atoms with Crippen LogP contribution < -0.4 is 0 Å². The molecule has 0 spiro atoms. The normalized spacial score (nSPS) is 30.1. The van der Waals surface area contributed by atoms with Crippen molar-refractivity contribution in [3.63, 3.8) is 0 Å². The minimum atomic E-state index is -1.07. The molecule has 1 aromatic carbocycles. The van der Waals surface area contributed by atoms with Gasteiger partial charge in [0, 0.05) is 12.3 Å². The van der Waals surface area contributed by atoms with Gasteiger partial charge in [-0.1, -0.05) is 30.3 Å². The second kappa shape index (κ2) is 5.75. The van der Waals surface area contributed by atoms with Gasteiger partial charge in [-0.3, -0.25) is 9.59 Å². The van der Waals surface area contributed by atoms with E-state index in [1.165, 1.54) is 0 Å². The van der Waals surface area contributed by atoms with Gasteiger partial charge in [-0.2, -0.15) is 0 Å². The molecule has 2 rings (SSSR count). The van der Waals surface area contributed by atoms with Crippen LogP contribution in [0.3, 0.4) is 0 Å². The standard InChI is InChI=1S/C16H20O4/c1-3-20-15(18)14-12(11-7-5-4-6-8-11)9-16(2,19)10-13(14)17/h4-8,12,14,19H,3,9-10H2,1-2H3. The van der Waals surface area contributed by atoms with Crippen LogP contribution in [0.25, 0.3) is 0 Å². The van der Waals surface area contributed by atoms with E-state index >= 15 is 0 Å². The van der Waals surface area contributed by atoms with E-state index in [-0.39, 0.29) is 24.7 Å². The van der Waals surface area contributed by atoms with Crippen molar-refractivity contribution in [2.45, 2.75) is 38.2 Å². The lowest BCUT2D eigenvalue weighted by Crippen LogP contribution is -2.45. The van der Waals surface area contributed by atoms with Crippen molar-refractivity contribution in [1.82, 2.24) is 0 Å². The Bertz CT molecular complexity index is 492. The fourth-order valence-corrected chi connectivity index (χ4v) is 2.91. The highest BCUT2D eigenvalue weighted by molar-refractivity contribution is 6.01. The van der Waals surface area contributed by atoms with Gasteiger partial charge >= 0.3 is 5.97 Å². The molecule has 1 N–H and O–H groups in total. The molecule has 1 fully saturated rings. The number of benzene rings is 1. The van der Waals surface area contributed by atoms with Crippen molar-refractivity contribution >= 4 is 11.8 Å². The summed E-state index contributed by atoms with van der Waals surface area (Å²) in [5, 5.41) is 10.2. The SMILES string of the molecule is CCOC(=O)C1C(=O)CC(C)(O)CC1c1ccccc1. The third kappa shape index (κ3) is 3.07. The van der Waals surface area contributed by atoms with Crippen LogP contribution in [0.4, 0.5) is 0 Å². The van der Waals surface area contributed by atoms with Crippen LogP contribution in [0.2, 0.25) is 0 Å². The molecular weight excluding hydrogens is 256 g/mol. The van der Waals surface area contributed by atoms with E-state index in [4.69, 9.17) is 4.74 Å². The summed E-state index contributed by atoms with van der Waals surface area (Å²) >= 11 is 0. The molecule has 4 nitrogen and oxygen atoms in total. The number of carbonyl (C=O) groups excluding carboxylic acids is 2. The summed E-state index contributed by atoms with van der Waals surface area (Å²) in [5.41, 5.74) is -0.181. The molecular formula is C16H20O4. The zero-order valence-corrected chi connectivity index (χ0v) is 11.8. The summed E-state index contributed by atoms with van der Waals surface area (Å²) in [6.45, 7) is 3.61. The maximum Gasteiger partial charge on any atom is 0.317 e. The highest BCUT2D eigenvalue weighted by Gasteiger charge is 2.46. The van der Waals surface area contributed by atoms with Crippen LogP contribution in [-0.2, 0) is 14.3 Å². The van der Waals surface area contributed by atoms with E-state index in [1.54, 1.807) is 13.8 Å². The molecule has 0 saturated heterocycles. The predicted molar refractivity (Wildman–Crippen MR) is 74.2 cm³/mol. The van der Waals surface area contributed by atoms with Crippen LogP contribution in [0.5, 0.6) is 0 Å². The molecule has 0 radical (unpaired) electrons. The third-order valence-corrected chi connectivity index (χ3v) is 3.73. The van der Waals surface area contributed by atoms with Crippen LogP contribution in [0.1, 0.15) is 38.2 Å². The molecule has 1 aliphatic carbocycles. The second-order valence-electron chi connectivity index (χ2n) is 5.59. The summed E-state index contributed by atoms with van der Waals surface area (Å²) < 4.78 is 5.03. The largest absolute Gasteiger partial charge is 0.465 e. The molecule has 3 atom stereocenters. The molecule has 1 aromatic rings. The topological polar surface area (TPSA) is 63.6 Å². The summed E-state index contributed by atoms with van der Waals surface area (Å²) in [5.74, 6) is -1.86. The fraction of sp³-hybridized carbons (Fsp3) is 0.500. The fourth-order valence-electron chi connectivity index (χ4n) is 2.91. The van der Waals surface area contributed by atoms with E-state index in [0.717, 1.165) is 5.56 Å². The van der Waals surface area contributed by atoms with Gasteiger partial charge in [0.25, 0.3) is 0 Å². The highest BCUT2D eigenvalue weighted by atomic mass is 16.5. The molecule has 4 heteroatoms. The molecule has 0 bridgehead atoms. The number of esters is 1. The minimum absolute atomic E-state index is 0.000184. The Kier molecular flexibility index (Phi) is 4.23. The van der Waals surface area contributed by atoms with Gasteiger partial charge < -0.3 is 9.84 Å². The lowest BCUT2D eigenvalue weighted by atomic mass is 9.69. The minimum Gasteiger partial charge on any atom is -0.465 e. The average molecular weight is 276 g/mol. The Morgan fingerprint density at radius 1 is 1.40 bits per heavy atom. The Morgan fingerprint density at radius 3 is 2.65 bits per heavy atom. The van der Waals surface area contributed by atoms with Crippen LogP contribution in [-0.4, -0.2) is 29.1 Å². The Balaban J connectivity index is 2.35. The monoisotopic (exact) mass is 276 g/mol. The summed E-state index contributed by atoms with van der Waals surface area (Å²) in [6.07, 6.45) is 0.381. The summed E-state index contributed by atoms with van der Waals surface area (Å²) in [4.78, 5) is 24.3. The molecule has 1 aliphatic rings. The summed E-state index contributed by atoms with van der Waals surface area (Å²) in [7, 11) is 0. The second-order valence-corrected chi connectivity index (χ2v) is 5.59. The van der Waals surface area contributed by atoms with E-state index in [2.05, 4.69) is 0 Å². The van der Waals surface area contributed by atoms with Gasteiger partial charge in [0.15, 0.2) is 5.78 Å². The number of ether oxygens (including phenoxy) is 1. The van der Waals surface area contributed by atoms with Crippen LogP contribution in [0, 0.1) is 5.92 Å². The average Bonchev–Trinajstić information content (AvgIpc) is 2.38. The quantitative estimate of drug-likeness (QED) is 0.678. The first kappa shape index (κ1) is 14.7. The molecule has 0 aromatic heterocycles. The number of aliphatic hydroxyl groups is 1. The molecule has 1 saturated carbocycles. The molecule has 0 amide bonds. The maximum atomic E-state index is 12.2. The Morgan fingerprint density at radius 2 is 2.05 bits per heavy atom. The lowest BCUT2D eigenvalue weighted by molar-refractivity contribution is -0.157. The smallest absolute Gasteiger partial charge is 0.317 e. The van der Waals surface area contributed by atoms with Gasteiger partial charge in [-0.25, -0.2) is 0 Å². The van der Waals surface area contributed by atoms with Crippen molar-refractivity contribution in [3.05, 3.63) is 35.9 Å². The van der Waals surface area contributed by atoms with Crippen molar-refractivity contribution in [2.24, 2.45) is 5.92 Å². The van der Waals surface area contributed by atoms with Gasteiger partial charge in [-0.15, -0.1) is 0 Å². The highest BCUT2D eigenvalue weighted by Crippen LogP contribution is 2.41. The molecule has 20 heavy (non-hydrogen) atoms. The number of ketones is 1. The van der Waals surface area contributed by atoms with Crippen LogP contribution >= 0.6 is 0 Å².